The SMILES string of the molecule is Cc1nn(CC(=O)Nc2ncn(Cc3c(Cl)cccc3Cl)n2)c(C)c1[N+](=O)[O-]. The zero-order valence-corrected chi connectivity index (χ0v) is 16.4. The van der Waals surface area contributed by atoms with E-state index in [-0.39, 0.29) is 30.4 Å². The normalized spacial score (nSPS) is 10.9. The number of nitrogens with one attached hydrogen (secondary N) is 1. The molecule has 1 amide bonds. The molecule has 0 radical (unpaired) electrons. The molecule has 0 atom stereocenters. The molecule has 0 saturated heterocycles. The zero-order chi connectivity index (χ0) is 20.4. The lowest BCUT2D eigenvalue weighted by molar-refractivity contribution is -0.386. The molecule has 0 aliphatic heterocycles. The van der Waals surface area contributed by atoms with Crippen LogP contribution in [0.15, 0.2) is 24.5 Å². The van der Waals surface area contributed by atoms with E-state index in [0.29, 0.717) is 21.3 Å². The lowest BCUT2D eigenvalue weighted by atomic mass is 10.2. The van der Waals surface area contributed by atoms with E-state index in [2.05, 4.69) is 20.5 Å². The number of benzene rings is 1. The number of carbonyl (C=O) groups is 1. The molecule has 10 nitrogen and oxygen atoms in total. The number of aryl methyl sites for hydroxylation is 1. The molecule has 3 rings (SSSR count). The van der Waals surface area contributed by atoms with Crippen LogP contribution in [0.2, 0.25) is 10.0 Å². The molecule has 0 fully saturated rings. The second-order valence-electron chi connectivity index (χ2n) is 5.95. The Hall–Kier alpha value is -2.98. The number of carbonyl (C=O) groups excluding carboxylic acids is 1. The molecule has 0 spiro atoms. The number of aromatic nitrogens is 5. The van der Waals surface area contributed by atoms with Crippen molar-refractivity contribution in [1.29, 1.82) is 0 Å². The van der Waals surface area contributed by atoms with Crippen molar-refractivity contribution in [3.63, 3.8) is 0 Å². The van der Waals surface area contributed by atoms with Crippen molar-refractivity contribution >= 4 is 40.7 Å². The molecule has 146 valence electrons. The summed E-state index contributed by atoms with van der Waals surface area (Å²) in [4.78, 5) is 26.8. The van der Waals surface area contributed by atoms with E-state index >= 15 is 0 Å². The van der Waals surface area contributed by atoms with Gasteiger partial charge in [0.25, 0.3) is 0 Å². The van der Waals surface area contributed by atoms with E-state index in [1.54, 1.807) is 18.2 Å². The minimum Gasteiger partial charge on any atom is -0.292 e. The maximum absolute atomic E-state index is 12.2. The van der Waals surface area contributed by atoms with Gasteiger partial charge in [-0.3, -0.25) is 24.9 Å². The first-order chi connectivity index (χ1) is 13.3. The number of anilines is 1. The Kier molecular flexibility index (Phi) is 5.61. The Balaban J connectivity index is 1.68. The quantitative estimate of drug-likeness (QED) is 0.480. The molecule has 0 bridgehead atoms. The third kappa shape index (κ3) is 4.12. The minimum absolute atomic E-state index is 0.0872. The first-order valence-electron chi connectivity index (χ1n) is 8.07. The third-order valence-corrected chi connectivity index (χ3v) is 4.70. The summed E-state index contributed by atoms with van der Waals surface area (Å²) in [5.74, 6) is -0.377. The predicted molar refractivity (Wildman–Crippen MR) is 103 cm³/mol. The summed E-state index contributed by atoms with van der Waals surface area (Å²) in [6, 6.07) is 5.18. The maximum atomic E-state index is 12.2. The van der Waals surface area contributed by atoms with Crippen LogP contribution in [0.4, 0.5) is 11.6 Å². The van der Waals surface area contributed by atoms with Crippen LogP contribution in [0.1, 0.15) is 17.0 Å². The van der Waals surface area contributed by atoms with E-state index in [4.69, 9.17) is 23.2 Å². The van der Waals surface area contributed by atoms with Crippen molar-refractivity contribution in [3.05, 3.63) is 61.6 Å². The molecule has 0 aliphatic carbocycles. The highest BCUT2D eigenvalue weighted by atomic mass is 35.5. The molecule has 0 saturated carbocycles. The largest absolute Gasteiger partial charge is 0.312 e. The predicted octanol–water partition coefficient (Wildman–Crippen LogP) is 2.99. The molecule has 1 N–H and O–H groups in total. The number of nitro groups is 1. The average molecular weight is 424 g/mol. The van der Waals surface area contributed by atoms with Crippen molar-refractivity contribution in [2.45, 2.75) is 26.9 Å². The smallest absolute Gasteiger partial charge is 0.292 e. The number of amides is 1. The Morgan fingerprint density at radius 1 is 1.25 bits per heavy atom. The lowest BCUT2D eigenvalue weighted by Crippen LogP contribution is -2.21. The molecular weight excluding hydrogens is 409 g/mol. The standard InChI is InChI=1S/C16H15Cl2N7O3/c1-9-15(25(27)28)10(2)24(21-9)7-14(26)20-16-19-8-23(22-16)6-11-12(17)4-3-5-13(11)18/h3-5,8H,6-7H2,1-2H3,(H,20,22,26). The van der Waals surface area contributed by atoms with Crippen molar-refractivity contribution in [2.75, 3.05) is 5.32 Å². The van der Waals surface area contributed by atoms with Crippen LogP contribution < -0.4 is 5.32 Å². The zero-order valence-electron chi connectivity index (χ0n) is 14.9. The van der Waals surface area contributed by atoms with E-state index in [9.17, 15) is 14.9 Å². The van der Waals surface area contributed by atoms with Crippen LogP contribution in [-0.2, 0) is 17.9 Å². The van der Waals surface area contributed by atoms with E-state index in [1.807, 2.05) is 0 Å². The fourth-order valence-electron chi connectivity index (χ4n) is 2.68. The highest BCUT2D eigenvalue weighted by Crippen LogP contribution is 2.25. The number of rotatable bonds is 6. The molecule has 28 heavy (non-hydrogen) atoms. The number of halogens is 2. The van der Waals surface area contributed by atoms with E-state index in [0.717, 1.165) is 0 Å². The highest BCUT2D eigenvalue weighted by molar-refractivity contribution is 6.35. The fraction of sp³-hybridized carbons (Fsp3) is 0.250. The molecular formula is C16H15Cl2N7O3. The number of hydrogen-bond acceptors (Lipinski definition) is 6. The lowest BCUT2D eigenvalue weighted by Gasteiger charge is -2.06. The summed E-state index contributed by atoms with van der Waals surface area (Å²) in [7, 11) is 0. The van der Waals surface area contributed by atoms with Gasteiger partial charge in [-0.25, -0.2) is 9.67 Å². The van der Waals surface area contributed by atoms with Crippen molar-refractivity contribution in [3.8, 4) is 0 Å². The number of nitrogens with zero attached hydrogens (tertiary/aromatic N) is 6. The summed E-state index contributed by atoms with van der Waals surface area (Å²) in [6.07, 6.45) is 1.43. The van der Waals surface area contributed by atoms with E-state index in [1.165, 1.54) is 29.5 Å². The van der Waals surface area contributed by atoms with Crippen molar-refractivity contribution in [1.82, 2.24) is 24.5 Å². The molecule has 2 heterocycles. The van der Waals surface area contributed by atoms with Gasteiger partial charge < -0.3 is 0 Å². The summed E-state index contributed by atoms with van der Waals surface area (Å²) in [5, 5.41) is 22.8. The average Bonchev–Trinajstić information content (AvgIpc) is 3.15. The van der Waals surface area contributed by atoms with Crippen LogP contribution in [0, 0.1) is 24.0 Å². The fourth-order valence-corrected chi connectivity index (χ4v) is 3.20. The van der Waals surface area contributed by atoms with Gasteiger partial charge >= 0.3 is 5.69 Å². The second kappa shape index (κ2) is 7.95. The highest BCUT2D eigenvalue weighted by Gasteiger charge is 2.23. The molecule has 3 aromatic rings. The van der Waals surface area contributed by atoms with Crippen LogP contribution in [-0.4, -0.2) is 35.4 Å². The Morgan fingerprint density at radius 3 is 2.54 bits per heavy atom. The van der Waals surface area contributed by atoms with Crippen LogP contribution >= 0.6 is 23.2 Å². The Bertz CT molecular complexity index is 1040. The molecule has 12 heteroatoms. The monoisotopic (exact) mass is 423 g/mol. The van der Waals surface area contributed by atoms with Crippen LogP contribution in [0.25, 0.3) is 0 Å². The maximum Gasteiger partial charge on any atom is 0.312 e. The Labute approximate surface area is 169 Å². The van der Waals surface area contributed by atoms with E-state index < -0.39 is 10.8 Å². The summed E-state index contributed by atoms with van der Waals surface area (Å²) in [6.45, 7) is 3.13. The summed E-state index contributed by atoms with van der Waals surface area (Å²) in [5.41, 5.74) is 1.12. The van der Waals surface area contributed by atoms with Gasteiger partial charge in [0, 0.05) is 15.6 Å². The second-order valence-corrected chi connectivity index (χ2v) is 6.76. The van der Waals surface area contributed by atoms with Crippen LogP contribution in [0.3, 0.4) is 0 Å². The molecule has 0 aliphatic rings. The molecule has 2 aromatic heterocycles. The molecule has 1 aromatic carbocycles. The third-order valence-electron chi connectivity index (χ3n) is 3.99. The summed E-state index contributed by atoms with van der Waals surface area (Å²) < 4.78 is 2.75. The Morgan fingerprint density at radius 2 is 1.93 bits per heavy atom. The van der Waals surface area contributed by atoms with Crippen molar-refractivity contribution in [2.24, 2.45) is 0 Å². The van der Waals surface area contributed by atoms with Gasteiger partial charge in [0.15, 0.2) is 0 Å². The minimum atomic E-state index is -0.519. The van der Waals surface area contributed by atoms with Gasteiger partial charge in [-0.2, -0.15) is 5.10 Å². The summed E-state index contributed by atoms with van der Waals surface area (Å²) >= 11 is 12.3. The molecule has 0 unspecified atom stereocenters. The van der Waals surface area contributed by atoms with Gasteiger partial charge in [0.05, 0.1) is 11.5 Å². The van der Waals surface area contributed by atoms with Gasteiger partial charge in [0.2, 0.25) is 11.9 Å². The first-order valence-corrected chi connectivity index (χ1v) is 8.82. The first kappa shape index (κ1) is 19.8. The van der Waals surface area contributed by atoms with Crippen molar-refractivity contribution < 1.29 is 9.72 Å². The van der Waals surface area contributed by atoms with Gasteiger partial charge in [-0.15, -0.1) is 5.10 Å². The van der Waals surface area contributed by atoms with Gasteiger partial charge in [0.1, 0.15) is 24.3 Å². The topological polar surface area (TPSA) is 121 Å². The number of hydrogen-bond donors (Lipinski definition) is 1. The van der Waals surface area contributed by atoms with Gasteiger partial charge in [-0.1, -0.05) is 29.3 Å². The van der Waals surface area contributed by atoms with Crippen LogP contribution in [0.5, 0.6) is 0 Å². The van der Waals surface area contributed by atoms with Gasteiger partial charge in [-0.05, 0) is 26.0 Å².